The molecule has 1 heterocycles. The lowest BCUT2D eigenvalue weighted by Crippen LogP contribution is -2.35. The number of benzene rings is 2. The smallest absolute Gasteiger partial charge is 0.243 e. The van der Waals surface area contributed by atoms with Crippen molar-refractivity contribution in [3.05, 3.63) is 66.2 Å². The van der Waals surface area contributed by atoms with Crippen LogP contribution in [0.1, 0.15) is 0 Å². The van der Waals surface area contributed by atoms with Crippen molar-refractivity contribution < 1.29 is 13.2 Å². The van der Waals surface area contributed by atoms with Gasteiger partial charge in [-0.25, -0.2) is 18.1 Å². The Balaban J connectivity index is 1.78. The lowest BCUT2D eigenvalue weighted by atomic mass is 10.2. The number of nitrogens with zero attached hydrogens (tertiary/aromatic N) is 4. The number of carbonyl (C=O) groups is 1. The van der Waals surface area contributed by atoms with Gasteiger partial charge >= 0.3 is 0 Å². The van der Waals surface area contributed by atoms with E-state index in [0.717, 1.165) is 4.31 Å². The first-order valence-electron chi connectivity index (χ1n) is 7.84. The number of anilines is 1. The molecular weight excluding hydrogens is 390 g/mol. The summed E-state index contributed by atoms with van der Waals surface area (Å²) in [5.41, 5.74) is 0.947. The second-order valence-corrected chi connectivity index (χ2v) is 8.11. The molecule has 8 nitrogen and oxygen atoms in total. The molecule has 27 heavy (non-hydrogen) atoms. The monoisotopic (exact) mass is 405 g/mol. The van der Waals surface area contributed by atoms with Crippen LogP contribution in [0.3, 0.4) is 0 Å². The maximum absolute atomic E-state index is 12.5. The van der Waals surface area contributed by atoms with Crippen LogP contribution in [0.2, 0.25) is 5.02 Å². The predicted octanol–water partition coefficient (Wildman–Crippen LogP) is 2.18. The molecule has 0 spiro atoms. The lowest BCUT2D eigenvalue weighted by Gasteiger charge is -2.17. The molecule has 0 aliphatic carbocycles. The van der Waals surface area contributed by atoms with Crippen molar-refractivity contribution in [1.82, 2.24) is 19.1 Å². The number of sulfonamides is 1. The number of halogens is 1. The standard InChI is InChI=1S/C17H16ClN5O3S/c1-22(27(25,26)14-5-3-2-4-6-14)10-17(24)21-15-9-13(18)7-8-16(15)23-12-19-11-20-23/h2-9,11-12H,10H2,1H3,(H,21,24). The summed E-state index contributed by atoms with van der Waals surface area (Å²) in [6, 6.07) is 12.8. The van der Waals surface area contributed by atoms with E-state index in [4.69, 9.17) is 11.6 Å². The third kappa shape index (κ3) is 4.33. The number of hydrogen-bond acceptors (Lipinski definition) is 5. The molecule has 0 bridgehead atoms. The van der Waals surface area contributed by atoms with Gasteiger partial charge in [-0.05, 0) is 30.3 Å². The Morgan fingerprint density at radius 1 is 1.22 bits per heavy atom. The highest BCUT2D eigenvalue weighted by atomic mass is 35.5. The molecule has 0 radical (unpaired) electrons. The van der Waals surface area contributed by atoms with Crippen LogP contribution in [-0.4, -0.2) is 47.0 Å². The van der Waals surface area contributed by atoms with Gasteiger partial charge in [0.05, 0.1) is 22.8 Å². The topological polar surface area (TPSA) is 97.2 Å². The van der Waals surface area contributed by atoms with E-state index >= 15 is 0 Å². The molecule has 1 aromatic heterocycles. The van der Waals surface area contributed by atoms with E-state index in [0.29, 0.717) is 16.4 Å². The molecule has 0 saturated carbocycles. The first kappa shape index (κ1) is 19.0. The molecule has 0 unspecified atom stereocenters. The van der Waals surface area contributed by atoms with Crippen LogP contribution in [0.15, 0.2) is 66.1 Å². The average Bonchev–Trinajstić information content (AvgIpc) is 3.17. The normalized spacial score (nSPS) is 11.5. The van der Waals surface area contributed by atoms with Crippen LogP contribution < -0.4 is 5.32 Å². The fourth-order valence-corrected chi connectivity index (χ4v) is 3.71. The summed E-state index contributed by atoms with van der Waals surface area (Å²) in [6.45, 7) is -0.361. The first-order valence-corrected chi connectivity index (χ1v) is 9.65. The van der Waals surface area contributed by atoms with E-state index < -0.39 is 15.9 Å². The van der Waals surface area contributed by atoms with Crippen LogP contribution in [0.25, 0.3) is 5.69 Å². The Hall–Kier alpha value is -2.75. The number of nitrogens with one attached hydrogen (secondary N) is 1. The summed E-state index contributed by atoms with van der Waals surface area (Å²) in [7, 11) is -2.42. The summed E-state index contributed by atoms with van der Waals surface area (Å²) in [4.78, 5) is 16.4. The van der Waals surface area contributed by atoms with Gasteiger partial charge in [0, 0.05) is 12.1 Å². The van der Waals surface area contributed by atoms with Gasteiger partial charge in [-0.15, -0.1) is 0 Å². The molecule has 0 atom stereocenters. The number of likely N-dealkylation sites (N-methyl/N-ethyl adjacent to an activating group) is 1. The third-order valence-corrected chi connectivity index (χ3v) is 5.77. The lowest BCUT2D eigenvalue weighted by molar-refractivity contribution is -0.116. The van der Waals surface area contributed by atoms with E-state index in [1.807, 2.05) is 0 Å². The van der Waals surface area contributed by atoms with E-state index in [9.17, 15) is 13.2 Å². The van der Waals surface area contributed by atoms with Gasteiger partial charge in [-0.1, -0.05) is 29.8 Å². The van der Waals surface area contributed by atoms with Crippen LogP contribution in [-0.2, 0) is 14.8 Å². The maximum atomic E-state index is 12.5. The Morgan fingerprint density at radius 2 is 1.96 bits per heavy atom. The molecule has 140 valence electrons. The Kier molecular flexibility index (Phi) is 5.54. The van der Waals surface area contributed by atoms with Gasteiger partial charge in [0.15, 0.2) is 0 Å². The molecule has 0 aliphatic rings. The molecular formula is C17H16ClN5O3S. The zero-order valence-electron chi connectivity index (χ0n) is 14.3. The Labute approximate surface area is 161 Å². The van der Waals surface area contributed by atoms with E-state index in [1.165, 1.54) is 36.5 Å². The fraction of sp³-hybridized carbons (Fsp3) is 0.118. The Bertz CT molecular complexity index is 1040. The van der Waals surface area contributed by atoms with E-state index in [2.05, 4.69) is 15.4 Å². The zero-order valence-corrected chi connectivity index (χ0v) is 15.9. The van der Waals surface area contributed by atoms with Crippen molar-refractivity contribution in [1.29, 1.82) is 0 Å². The second kappa shape index (κ2) is 7.87. The largest absolute Gasteiger partial charge is 0.323 e. The van der Waals surface area contributed by atoms with E-state index in [1.54, 1.807) is 36.4 Å². The predicted molar refractivity (Wildman–Crippen MR) is 101 cm³/mol. The minimum atomic E-state index is -3.77. The molecule has 0 aliphatic heterocycles. The average molecular weight is 406 g/mol. The van der Waals surface area contributed by atoms with Crippen molar-refractivity contribution in [2.45, 2.75) is 4.90 Å². The molecule has 0 saturated heterocycles. The van der Waals surface area contributed by atoms with Gasteiger partial charge in [-0.3, -0.25) is 4.79 Å². The minimum absolute atomic E-state index is 0.117. The second-order valence-electron chi connectivity index (χ2n) is 5.62. The summed E-state index contributed by atoms with van der Waals surface area (Å²) >= 11 is 6.02. The van der Waals surface area contributed by atoms with Crippen molar-refractivity contribution in [2.24, 2.45) is 0 Å². The molecule has 2 aromatic carbocycles. The fourth-order valence-electron chi connectivity index (χ4n) is 2.39. The summed E-state index contributed by atoms with van der Waals surface area (Å²) < 4.78 is 27.5. The maximum Gasteiger partial charge on any atom is 0.243 e. The van der Waals surface area contributed by atoms with Crippen molar-refractivity contribution in [2.75, 3.05) is 18.9 Å². The van der Waals surface area contributed by atoms with Crippen LogP contribution in [0.5, 0.6) is 0 Å². The van der Waals surface area contributed by atoms with Crippen molar-refractivity contribution in [3.8, 4) is 5.69 Å². The Morgan fingerprint density at radius 3 is 2.63 bits per heavy atom. The number of carbonyl (C=O) groups excluding carboxylic acids is 1. The molecule has 1 N–H and O–H groups in total. The summed E-state index contributed by atoms with van der Waals surface area (Å²) in [5.74, 6) is -0.513. The number of rotatable bonds is 6. The number of amides is 1. The highest BCUT2D eigenvalue weighted by Gasteiger charge is 2.23. The molecule has 0 fully saturated rings. The SMILES string of the molecule is CN(CC(=O)Nc1cc(Cl)ccc1-n1cncn1)S(=O)(=O)c1ccccc1. The zero-order chi connectivity index (χ0) is 19.4. The molecule has 3 aromatic rings. The highest BCUT2D eigenvalue weighted by molar-refractivity contribution is 7.89. The van der Waals surface area contributed by atoms with Crippen molar-refractivity contribution >= 4 is 33.2 Å². The highest BCUT2D eigenvalue weighted by Crippen LogP contribution is 2.24. The first-order chi connectivity index (χ1) is 12.9. The third-order valence-electron chi connectivity index (χ3n) is 3.72. The number of hydrogen-bond donors (Lipinski definition) is 1. The van der Waals surface area contributed by atoms with Crippen LogP contribution in [0.4, 0.5) is 5.69 Å². The molecule has 1 amide bonds. The quantitative estimate of drug-likeness (QED) is 0.677. The van der Waals surface area contributed by atoms with Crippen LogP contribution >= 0.6 is 11.6 Å². The van der Waals surface area contributed by atoms with Crippen LogP contribution in [0, 0.1) is 0 Å². The summed E-state index contributed by atoms with van der Waals surface area (Å²) in [6.07, 6.45) is 2.84. The molecule has 10 heteroatoms. The van der Waals surface area contributed by atoms with E-state index in [-0.39, 0.29) is 11.4 Å². The van der Waals surface area contributed by atoms with Gasteiger partial charge in [0.25, 0.3) is 0 Å². The minimum Gasteiger partial charge on any atom is -0.323 e. The van der Waals surface area contributed by atoms with Gasteiger partial charge in [-0.2, -0.15) is 9.40 Å². The summed E-state index contributed by atoms with van der Waals surface area (Å²) in [5, 5.41) is 7.12. The van der Waals surface area contributed by atoms with Gasteiger partial charge in [0.2, 0.25) is 15.9 Å². The molecule has 3 rings (SSSR count). The van der Waals surface area contributed by atoms with Crippen molar-refractivity contribution in [3.63, 3.8) is 0 Å². The number of aromatic nitrogens is 3. The van der Waals surface area contributed by atoms with Gasteiger partial charge < -0.3 is 5.32 Å². The van der Waals surface area contributed by atoms with Gasteiger partial charge in [0.1, 0.15) is 12.7 Å².